The molecule has 0 aliphatic carbocycles. The van der Waals surface area contributed by atoms with Gasteiger partial charge in [-0.05, 0) is 62.4 Å². The first-order chi connectivity index (χ1) is 18.5. The number of benzene rings is 2. The molecule has 0 amide bonds. The number of aromatic nitrogens is 6. The highest BCUT2D eigenvalue weighted by molar-refractivity contribution is 5.73. The van der Waals surface area contributed by atoms with E-state index in [0.717, 1.165) is 23.0 Å². The van der Waals surface area contributed by atoms with Gasteiger partial charge < -0.3 is 14.8 Å². The summed E-state index contributed by atoms with van der Waals surface area (Å²) in [7, 11) is 0. The number of rotatable bonds is 5. The molecule has 0 bridgehead atoms. The summed E-state index contributed by atoms with van der Waals surface area (Å²) < 4.78 is 53.0. The number of hydrogen-bond acceptors (Lipinski definition) is 8. The average Bonchev–Trinajstić information content (AvgIpc) is 3.54. The molecule has 5 aromatic rings. The number of hydrogen-bond donors (Lipinski definition) is 2. The van der Waals surface area contributed by atoms with Crippen LogP contribution in [0.15, 0.2) is 71.6 Å². The van der Waals surface area contributed by atoms with Crippen molar-refractivity contribution in [3.63, 3.8) is 0 Å². The Morgan fingerprint density at radius 3 is 2.26 bits per heavy atom. The van der Waals surface area contributed by atoms with Crippen LogP contribution in [0.25, 0.3) is 28.4 Å². The number of halogens is 4. The number of nitrogens with one attached hydrogen (secondary N) is 1. The first kappa shape index (κ1) is 26.9. The number of aliphatic carboxylic acids is 1. The molecule has 2 N–H and O–H groups in total. The van der Waals surface area contributed by atoms with E-state index in [1.54, 1.807) is 23.0 Å². The first-order valence-corrected chi connectivity index (χ1v) is 11.1. The van der Waals surface area contributed by atoms with Crippen LogP contribution in [0.4, 0.5) is 29.2 Å². The summed E-state index contributed by atoms with van der Waals surface area (Å²) in [6.07, 6.45) is -0.497. The van der Waals surface area contributed by atoms with E-state index in [0.29, 0.717) is 28.7 Å². The van der Waals surface area contributed by atoms with Gasteiger partial charge in [-0.1, -0.05) is 0 Å². The van der Waals surface area contributed by atoms with Crippen LogP contribution in [0, 0.1) is 19.7 Å². The second-order valence-electron chi connectivity index (χ2n) is 7.92. The molecule has 200 valence electrons. The fraction of sp³-hybridized carbons (Fsp3) is 0.120. The van der Waals surface area contributed by atoms with Crippen LogP contribution in [0.3, 0.4) is 0 Å². The molecule has 0 saturated carbocycles. The Kier molecular flexibility index (Phi) is 7.65. The lowest BCUT2D eigenvalue weighted by Gasteiger charge is -2.09. The van der Waals surface area contributed by atoms with E-state index in [1.165, 1.54) is 24.6 Å². The molecule has 0 aliphatic heterocycles. The number of anilines is 2. The van der Waals surface area contributed by atoms with Crippen molar-refractivity contribution in [3.05, 3.63) is 84.7 Å². The zero-order chi connectivity index (χ0) is 28.2. The van der Waals surface area contributed by atoms with Gasteiger partial charge in [-0.3, -0.25) is 0 Å². The summed E-state index contributed by atoms with van der Waals surface area (Å²) in [6, 6.07) is 14.0. The largest absolute Gasteiger partial charge is 0.490 e. The lowest BCUT2D eigenvalue weighted by atomic mass is 10.1. The van der Waals surface area contributed by atoms with Crippen molar-refractivity contribution in [2.45, 2.75) is 20.0 Å². The quantitative estimate of drug-likeness (QED) is 0.276. The van der Waals surface area contributed by atoms with Crippen LogP contribution in [-0.4, -0.2) is 47.0 Å². The Labute approximate surface area is 218 Å². The summed E-state index contributed by atoms with van der Waals surface area (Å²) in [5.41, 5.74) is 3.41. The maximum absolute atomic E-state index is 14.2. The topological polar surface area (TPSA) is 132 Å². The van der Waals surface area contributed by atoms with Gasteiger partial charge in [-0.25, -0.2) is 33.8 Å². The lowest BCUT2D eigenvalue weighted by molar-refractivity contribution is -0.192. The summed E-state index contributed by atoms with van der Waals surface area (Å²) >= 11 is 0. The van der Waals surface area contributed by atoms with E-state index < -0.39 is 18.0 Å². The number of carboxylic acid groups (broad SMARTS) is 1. The van der Waals surface area contributed by atoms with Crippen molar-refractivity contribution in [2.24, 2.45) is 0 Å². The minimum Gasteiger partial charge on any atom is -0.475 e. The lowest BCUT2D eigenvalue weighted by Crippen LogP contribution is -2.21. The smallest absolute Gasteiger partial charge is 0.475 e. The van der Waals surface area contributed by atoms with E-state index in [2.05, 4.69) is 30.4 Å². The maximum atomic E-state index is 14.2. The molecule has 3 aromatic heterocycles. The highest BCUT2D eigenvalue weighted by Gasteiger charge is 2.38. The van der Waals surface area contributed by atoms with Crippen LogP contribution in [0.1, 0.15) is 11.6 Å². The van der Waals surface area contributed by atoms with Crippen molar-refractivity contribution < 1.29 is 31.9 Å². The number of alkyl halides is 3. The van der Waals surface area contributed by atoms with Gasteiger partial charge in [-0.15, -0.1) is 0 Å². The molecular formula is C25H19F4N7O3. The zero-order valence-corrected chi connectivity index (χ0v) is 20.3. The third-order valence-corrected chi connectivity index (χ3v) is 5.01. The van der Waals surface area contributed by atoms with Crippen LogP contribution >= 0.6 is 0 Å². The van der Waals surface area contributed by atoms with Crippen LogP contribution < -0.4 is 5.32 Å². The molecule has 0 saturated heterocycles. The van der Waals surface area contributed by atoms with E-state index in [1.807, 2.05) is 38.1 Å². The normalized spacial score (nSPS) is 11.0. The zero-order valence-electron chi connectivity index (χ0n) is 20.3. The summed E-state index contributed by atoms with van der Waals surface area (Å²) in [5, 5.41) is 14.7. The molecule has 0 spiro atoms. The van der Waals surface area contributed by atoms with Gasteiger partial charge in [0.2, 0.25) is 11.8 Å². The van der Waals surface area contributed by atoms with Crippen LogP contribution in [0.2, 0.25) is 0 Å². The number of aryl methyl sites for hydroxylation is 2. The minimum atomic E-state index is -5.08. The number of oxazole rings is 1. The maximum Gasteiger partial charge on any atom is 0.490 e. The molecule has 0 aliphatic rings. The van der Waals surface area contributed by atoms with Crippen molar-refractivity contribution >= 4 is 17.6 Å². The fourth-order valence-corrected chi connectivity index (χ4v) is 3.39. The molecule has 14 heteroatoms. The Bertz CT molecular complexity index is 1580. The monoisotopic (exact) mass is 541 g/mol. The van der Waals surface area contributed by atoms with Gasteiger partial charge in [0.1, 0.15) is 23.7 Å². The van der Waals surface area contributed by atoms with Crippen LogP contribution in [0.5, 0.6) is 0 Å². The third kappa shape index (κ3) is 6.80. The highest BCUT2D eigenvalue weighted by Crippen LogP contribution is 2.27. The molecular weight excluding hydrogens is 522 g/mol. The Morgan fingerprint density at radius 1 is 0.974 bits per heavy atom. The molecule has 3 heterocycles. The SMILES string of the molecule is Cc1nc(C)n(-c2ccc(Nc3nccc(-c4cc(F)cc(-c5ncco5)c4)n3)cc2)n1.O=C(O)C(F)(F)F. The van der Waals surface area contributed by atoms with Crippen molar-refractivity contribution in [1.82, 2.24) is 29.7 Å². The van der Waals surface area contributed by atoms with Gasteiger partial charge in [0.05, 0.1) is 17.6 Å². The third-order valence-electron chi connectivity index (χ3n) is 5.01. The molecule has 0 atom stereocenters. The van der Waals surface area contributed by atoms with Gasteiger partial charge in [0.25, 0.3) is 0 Å². The van der Waals surface area contributed by atoms with Gasteiger partial charge >= 0.3 is 12.1 Å². The van der Waals surface area contributed by atoms with Crippen LogP contribution in [-0.2, 0) is 4.79 Å². The van der Waals surface area contributed by atoms with Crippen molar-refractivity contribution in [2.75, 3.05) is 5.32 Å². The molecule has 0 fully saturated rings. The Balaban J connectivity index is 0.000000448. The molecule has 0 unspecified atom stereocenters. The molecule has 39 heavy (non-hydrogen) atoms. The Hall–Kier alpha value is -5.14. The number of nitrogens with zero attached hydrogens (tertiary/aromatic N) is 6. The summed E-state index contributed by atoms with van der Waals surface area (Å²) in [5.74, 6) is -0.886. The van der Waals surface area contributed by atoms with E-state index in [9.17, 15) is 17.6 Å². The number of carbonyl (C=O) groups is 1. The minimum absolute atomic E-state index is 0.344. The van der Waals surface area contributed by atoms with Crippen molar-refractivity contribution in [3.8, 4) is 28.4 Å². The van der Waals surface area contributed by atoms with E-state index in [-0.39, 0.29) is 0 Å². The van der Waals surface area contributed by atoms with Gasteiger partial charge in [0.15, 0.2) is 0 Å². The summed E-state index contributed by atoms with van der Waals surface area (Å²) in [4.78, 5) is 26.1. The predicted octanol–water partition coefficient (Wildman–Crippen LogP) is 5.51. The predicted molar refractivity (Wildman–Crippen MR) is 131 cm³/mol. The van der Waals surface area contributed by atoms with Gasteiger partial charge in [-0.2, -0.15) is 18.3 Å². The van der Waals surface area contributed by atoms with Gasteiger partial charge in [0, 0.05) is 23.0 Å². The van der Waals surface area contributed by atoms with E-state index >= 15 is 0 Å². The molecule has 0 radical (unpaired) electrons. The number of carboxylic acids is 1. The standard InChI is InChI=1S/C23H18FN7O.C2HF3O2/c1-14-27-15(2)31(30-14)20-5-3-19(4-6-20)28-23-26-8-7-21(29-23)16-11-17(13-18(24)12-16)22-25-9-10-32-22;3-2(4,5)1(6)7/h3-13H,1-2H3,(H,26,28,29);(H,6,7). The fourth-order valence-electron chi connectivity index (χ4n) is 3.39. The molecule has 10 nitrogen and oxygen atoms in total. The second-order valence-corrected chi connectivity index (χ2v) is 7.92. The Morgan fingerprint density at radius 2 is 1.67 bits per heavy atom. The summed E-state index contributed by atoms with van der Waals surface area (Å²) in [6.45, 7) is 3.77. The van der Waals surface area contributed by atoms with E-state index in [4.69, 9.17) is 14.3 Å². The second kappa shape index (κ2) is 11.1. The first-order valence-electron chi connectivity index (χ1n) is 11.1. The molecule has 2 aromatic carbocycles. The highest BCUT2D eigenvalue weighted by atomic mass is 19.4. The van der Waals surface area contributed by atoms with Crippen molar-refractivity contribution in [1.29, 1.82) is 0 Å². The molecule has 5 rings (SSSR count). The average molecular weight is 541 g/mol.